The Labute approximate surface area is 133 Å². The van der Waals surface area contributed by atoms with Gasteiger partial charge in [0.1, 0.15) is 5.75 Å². The molecule has 4 nitrogen and oxygen atoms in total. The molecule has 1 atom stereocenters. The van der Waals surface area contributed by atoms with E-state index in [0.29, 0.717) is 0 Å². The molecule has 22 heavy (non-hydrogen) atoms. The van der Waals surface area contributed by atoms with Gasteiger partial charge in [-0.2, -0.15) is 0 Å². The smallest absolute Gasteiger partial charge is 0.230 e. The zero-order valence-electron chi connectivity index (χ0n) is 14.0. The van der Waals surface area contributed by atoms with Gasteiger partial charge in [-0.25, -0.2) is 0 Å². The van der Waals surface area contributed by atoms with Crippen molar-refractivity contribution in [2.24, 2.45) is 5.92 Å². The van der Waals surface area contributed by atoms with Crippen LogP contribution in [0, 0.1) is 5.92 Å². The number of amides is 1. The molecule has 0 fully saturated rings. The highest BCUT2D eigenvalue weighted by atomic mass is 16.5. The van der Waals surface area contributed by atoms with E-state index in [1.807, 2.05) is 36.9 Å². The lowest BCUT2D eigenvalue weighted by Gasteiger charge is -2.32. The molecule has 0 aromatic heterocycles. The van der Waals surface area contributed by atoms with Crippen LogP contribution in [-0.4, -0.2) is 56.0 Å². The summed E-state index contributed by atoms with van der Waals surface area (Å²) in [4.78, 5) is 16.8. The molecule has 1 aromatic rings. The van der Waals surface area contributed by atoms with Crippen molar-refractivity contribution in [3.05, 3.63) is 35.9 Å². The summed E-state index contributed by atoms with van der Waals surface area (Å²) in [5.74, 6) is 0.987. The minimum Gasteiger partial charge on any atom is -0.496 e. The molecule has 0 N–H and O–H groups in total. The molecule has 1 aromatic carbocycles. The Morgan fingerprint density at radius 3 is 2.64 bits per heavy atom. The van der Waals surface area contributed by atoms with E-state index in [-0.39, 0.29) is 11.8 Å². The maximum Gasteiger partial charge on any atom is 0.230 e. The van der Waals surface area contributed by atoms with E-state index in [0.717, 1.165) is 43.1 Å². The summed E-state index contributed by atoms with van der Waals surface area (Å²) >= 11 is 0. The highest BCUT2D eigenvalue weighted by molar-refractivity contribution is 5.85. The van der Waals surface area contributed by atoms with Crippen molar-refractivity contribution in [1.82, 2.24) is 9.80 Å². The predicted octanol–water partition coefficient (Wildman–Crippen LogP) is 2.51. The molecule has 0 unspecified atom stereocenters. The van der Waals surface area contributed by atoms with Crippen LogP contribution in [0.5, 0.6) is 5.75 Å². The number of nitrogens with zero attached hydrogens (tertiary/aromatic N) is 2. The van der Waals surface area contributed by atoms with Crippen molar-refractivity contribution in [2.45, 2.75) is 13.8 Å². The lowest BCUT2D eigenvalue weighted by atomic mass is 9.93. The normalized spacial score (nSPS) is 18.7. The first-order valence-electron chi connectivity index (χ1n) is 7.92. The molecule has 1 aliphatic rings. The van der Waals surface area contributed by atoms with E-state index in [4.69, 9.17) is 4.74 Å². The quantitative estimate of drug-likeness (QED) is 0.838. The lowest BCUT2D eigenvalue weighted by Crippen LogP contribution is -2.42. The van der Waals surface area contributed by atoms with Gasteiger partial charge in [-0.1, -0.05) is 24.3 Å². The van der Waals surface area contributed by atoms with E-state index >= 15 is 0 Å². The average Bonchev–Trinajstić information content (AvgIpc) is 2.55. The molecule has 0 bridgehead atoms. The zero-order chi connectivity index (χ0) is 16.1. The number of ether oxygens (including phenoxy) is 1. The van der Waals surface area contributed by atoms with Crippen molar-refractivity contribution in [2.75, 3.05) is 40.3 Å². The second kappa shape index (κ2) is 7.45. The minimum atomic E-state index is -0.0847. The molecule has 120 valence electrons. The van der Waals surface area contributed by atoms with Gasteiger partial charge in [-0.3, -0.25) is 4.79 Å². The van der Waals surface area contributed by atoms with Crippen molar-refractivity contribution < 1.29 is 9.53 Å². The number of carbonyl (C=O) groups is 1. The number of likely N-dealkylation sites (N-methyl/N-ethyl adjacent to an activating group) is 1. The van der Waals surface area contributed by atoms with Gasteiger partial charge in [-0.05, 0) is 32.5 Å². The van der Waals surface area contributed by atoms with Crippen LogP contribution in [0.1, 0.15) is 19.4 Å². The van der Waals surface area contributed by atoms with Gasteiger partial charge in [-0.15, -0.1) is 0 Å². The number of hydrogen-bond donors (Lipinski definition) is 0. The third-order valence-corrected chi connectivity index (χ3v) is 4.20. The van der Waals surface area contributed by atoms with Crippen molar-refractivity contribution in [1.29, 1.82) is 0 Å². The number of hydrogen-bond acceptors (Lipinski definition) is 3. The fraction of sp³-hybridized carbons (Fsp3) is 0.500. The molecule has 0 radical (unpaired) electrons. The molecule has 2 rings (SSSR count). The SMILES string of the molecule is CCN(CC)C(=O)[C@H]1C=C(c2ccccc2OC)CN(C)C1. The Morgan fingerprint density at radius 1 is 1.32 bits per heavy atom. The Kier molecular flexibility index (Phi) is 5.61. The van der Waals surface area contributed by atoms with Crippen LogP contribution in [-0.2, 0) is 4.79 Å². The number of benzene rings is 1. The minimum absolute atomic E-state index is 0.0847. The van der Waals surface area contributed by atoms with Gasteiger partial charge < -0.3 is 14.5 Å². The molecule has 1 amide bonds. The van der Waals surface area contributed by atoms with Crippen LogP contribution < -0.4 is 4.74 Å². The molecule has 4 heteroatoms. The second-order valence-corrected chi connectivity index (χ2v) is 5.71. The highest BCUT2D eigenvalue weighted by Gasteiger charge is 2.27. The van der Waals surface area contributed by atoms with Gasteiger partial charge in [0.2, 0.25) is 5.91 Å². The van der Waals surface area contributed by atoms with Crippen LogP contribution in [0.2, 0.25) is 0 Å². The van der Waals surface area contributed by atoms with Gasteiger partial charge in [0, 0.05) is 31.7 Å². The maximum atomic E-state index is 12.7. The summed E-state index contributed by atoms with van der Waals surface area (Å²) in [6.45, 7) is 7.18. The summed E-state index contributed by atoms with van der Waals surface area (Å²) in [5.41, 5.74) is 2.24. The third-order valence-electron chi connectivity index (χ3n) is 4.20. The Morgan fingerprint density at radius 2 is 2.00 bits per heavy atom. The van der Waals surface area contributed by atoms with Crippen LogP contribution >= 0.6 is 0 Å². The molecule has 1 aliphatic heterocycles. The first kappa shape index (κ1) is 16.6. The lowest BCUT2D eigenvalue weighted by molar-refractivity contribution is -0.134. The molecule has 0 saturated heterocycles. The van der Waals surface area contributed by atoms with E-state index in [1.54, 1.807) is 7.11 Å². The van der Waals surface area contributed by atoms with Crippen molar-refractivity contribution in [3.8, 4) is 5.75 Å². The molecule has 1 heterocycles. The maximum absolute atomic E-state index is 12.7. The highest BCUT2D eigenvalue weighted by Crippen LogP contribution is 2.30. The Balaban J connectivity index is 2.33. The summed E-state index contributed by atoms with van der Waals surface area (Å²) in [7, 11) is 3.75. The summed E-state index contributed by atoms with van der Waals surface area (Å²) in [5, 5.41) is 0. The van der Waals surface area contributed by atoms with Crippen molar-refractivity contribution in [3.63, 3.8) is 0 Å². The van der Waals surface area contributed by atoms with Gasteiger partial charge in [0.25, 0.3) is 0 Å². The zero-order valence-corrected chi connectivity index (χ0v) is 14.0. The third kappa shape index (κ3) is 3.50. The largest absolute Gasteiger partial charge is 0.496 e. The molecular formula is C18H26N2O2. The van der Waals surface area contributed by atoms with Crippen LogP contribution in [0.3, 0.4) is 0 Å². The van der Waals surface area contributed by atoms with E-state index in [9.17, 15) is 4.79 Å². The molecule has 0 aliphatic carbocycles. The molecule has 0 saturated carbocycles. The van der Waals surface area contributed by atoms with E-state index in [2.05, 4.69) is 24.1 Å². The number of rotatable bonds is 5. The van der Waals surface area contributed by atoms with Gasteiger partial charge >= 0.3 is 0 Å². The van der Waals surface area contributed by atoms with E-state index < -0.39 is 0 Å². The summed E-state index contributed by atoms with van der Waals surface area (Å²) in [6, 6.07) is 8.00. The predicted molar refractivity (Wildman–Crippen MR) is 89.9 cm³/mol. The standard InChI is InChI=1S/C18H26N2O2/c1-5-20(6-2)18(21)15-11-14(12-19(3)13-15)16-9-7-8-10-17(16)22-4/h7-11,15H,5-6,12-13H2,1-4H3/t15-/m0/s1. The molecule has 0 spiro atoms. The topological polar surface area (TPSA) is 32.8 Å². The first-order chi connectivity index (χ1) is 10.6. The van der Waals surface area contributed by atoms with Gasteiger partial charge in [0.05, 0.1) is 13.0 Å². The van der Waals surface area contributed by atoms with Crippen LogP contribution in [0.4, 0.5) is 0 Å². The van der Waals surface area contributed by atoms with Crippen LogP contribution in [0.15, 0.2) is 30.3 Å². The first-order valence-corrected chi connectivity index (χ1v) is 7.92. The van der Waals surface area contributed by atoms with Crippen molar-refractivity contribution >= 4 is 11.5 Å². The average molecular weight is 302 g/mol. The summed E-state index contributed by atoms with van der Waals surface area (Å²) < 4.78 is 5.46. The second-order valence-electron chi connectivity index (χ2n) is 5.71. The van der Waals surface area contributed by atoms with Crippen LogP contribution in [0.25, 0.3) is 5.57 Å². The van der Waals surface area contributed by atoms with E-state index in [1.165, 1.54) is 0 Å². The van der Waals surface area contributed by atoms with Gasteiger partial charge in [0.15, 0.2) is 0 Å². The number of para-hydroxylation sites is 1. The monoisotopic (exact) mass is 302 g/mol. The number of methoxy groups -OCH3 is 1. The number of carbonyl (C=O) groups excluding carboxylic acids is 1. The Hall–Kier alpha value is -1.81. The summed E-state index contributed by atoms with van der Waals surface area (Å²) in [6.07, 6.45) is 2.12. The molecular weight excluding hydrogens is 276 g/mol. The fourth-order valence-corrected chi connectivity index (χ4v) is 3.04. The Bertz CT molecular complexity index is 550. The fourth-order valence-electron chi connectivity index (χ4n) is 3.04.